The van der Waals surface area contributed by atoms with E-state index in [2.05, 4.69) is 22.6 Å². The van der Waals surface area contributed by atoms with Gasteiger partial charge in [-0.3, -0.25) is 4.79 Å². The molecule has 2 fully saturated rings. The van der Waals surface area contributed by atoms with E-state index in [0.29, 0.717) is 11.6 Å². The highest BCUT2D eigenvalue weighted by Gasteiger charge is 2.40. The maximum atomic E-state index is 12.8. The van der Waals surface area contributed by atoms with E-state index in [1.165, 1.54) is 19.3 Å². The van der Waals surface area contributed by atoms with E-state index >= 15 is 0 Å². The number of halogens is 2. The molecule has 1 aromatic carbocycles. The van der Waals surface area contributed by atoms with Crippen LogP contribution in [0.25, 0.3) is 0 Å². The van der Waals surface area contributed by atoms with Gasteiger partial charge in [-0.1, -0.05) is 36.9 Å². The Kier molecular flexibility index (Phi) is 4.91. The highest BCUT2D eigenvalue weighted by molar-refractivity contribution is 14.1. The fourth-order valence-corrected chi connectivity index (χ4v) is 4.20. The Morgan fingerprint density at radius 2 is 2.05 bits per heavy atom. The molecule has 1 atom stereocenters. The third-order valence-electron chi connectivity index (χ3n) is 4.83. The van der Waals surface area contributed by atoms with Gasteiger partial charge in [-0.05, 0) is 60.4 Å². The molecule has 0 bridgehead atoms. The van der Waals surface area contributed by atoms with Crippen LogP contribution in [0.4, 0.5) is 0 Å². The second kappa shape index (κ2) is 6.55. The fourth-order valence-electron chi connectivity index (χ4n) is 3.68. The van der Waals surface area contributed by atoms with Crippen molar-refractivity contribution in [2.75, 3.05) is 6.61 Å². The summed E-state index contributed by atoms with van der Waals surface area (Å²) < 4.78 is 7.07. The predicted octanol–water partition coefficient (Wildman–Crippen LogP) is 5.26. The summed E-state index contributed by atoms with van der Waals surface area (Å²) >= 11 is 8.34. The van der Waals surface area contributed by atoms with Crippen molar-refractivity contribution in [2.45, 2.75) is 50.5 Å². The Morgan fingerprint density at radius 1 is 1.29 bits per heavy atom. The Morgan fingerprint density at radius 3 is 2.76 bits per heavy atom. The minimum Gasteiger partial charge on any atom is -0.375 e. The first-order valence-electron chi connectivity index (χ1n) is 7.73. The van der Waals surface area contributed by atoms with Crippen LogP contribution in [-0.4, -0.2) is 18.0 Å². The number of hydrogen-bond donors (Lipinski definition) is 0. The lowest BCUT2D eigenvalue weighted by Crippen LogP contribution is -2.43. The van der Waals surface area contributed by atoms with Crippen molar-refractivity contribution in [3.05, 3.63) is 32.4 Å². The number of ketones is 1. The molecule has 1 spiro atoms. The molecule has 2 nitrogen and oxygen atoms in total. The lowest BCUT2D eigenvalue weighted by Gasteiger charge is -2.43. The summed E-state index contributed by atoms with van der Waals surface area (Å²) in [6.45, 7) is 0.717. The summed E-state index contributed by atoms with van der Waals surface area (Å²) in [5.41, 5.74) is 0.724. The number of ether oxygens (including phenoxy) is 1. The van der Waals surface area contributed by atoms with Crippen LogP contribution in [0.1, 0.15) is 55.3 Å². The summed E-state index contributed by atoms with van der Waals surface area (Å²) in [6.07, 6.45) is 7.72. The van der Waals surface area contributed by atoms with E-state index in [1.54, 1.807) is 0 Å². The van der Waals surface area contributed by atoms with E-state index in [0.717, 1.165) is 34.8 Å². The van der Waals surface area contributed by atoms with Crippen molar-refractivity contribution in [3.8, 4) is 0 Å². The minimum absolute atomic E-state index is 0.0240. The molecule has 2 aliphatic rings. The summed E-state index contributed by atoms with van der Waals surface area (Å²) in [5.74, 6) is 0.328. The Labute approximate surface area is 144 Å². The number of Topliss-reactive ketones (excluding diaryl/α,β-unsaturated/α-hetero) is 1. The molecule has 1 aliphatic heterocycles. The van der Waals surface area contributed by atoms with Crippen LogP contribution in [0.5, 0.6) is 0 Å². The molecule has 1 heterocycles. The van der Waals surface area contributed by atoms with Crippen LogP contribution in [0, 0.1) is 9.49 Å². The van der Waals surface area contributed by atoms with E-state index in [1.807, 2.05) is 18.2 Å². The van der Waals surface area contributed by atoms with Gasteiger partial charge in [-0.25, -0.2) is 0 Å². The van der Waals surface area contributed by atoms with Gasteiger partial charge < -0.3 is 4.74 Å². The summed E-state index contributed by atoms with van der Waals surface area (Å²) in [5, 5.41) is 0.667. The Balaban J connectivity index is 1.76. The zero-order chi connectivity index (χ0) is 14.9. The highest BCUT2D eigenvalue weighted by atomic mass is 127. The molecular weight excluding hydrogens is 399 g/mol. The number of rotatable bonds is 2. The Bertz CT molecular complexity index is 532. The van der Waals surface area contributed by atoms with Crippen molar-refractivity contribution in [1.82, 2.24) is 0 Å². The van der Waals surface area contributed by atoms with Crippen LogP contribution >= 0.6 is 34.2 Å². The zero-order valence-corrected chi connectivity index (χ0v) is 15.0. The second-order valence-electron chi connectivity index (χ2n) is 6.27. The largest absolute Gasteiger partial charge is 0.375 e. The van der Waals surface area contributed by atoms with Crippen molar-refractivity contribution < 1.29 is 9.53 Å². The van der Waals surface area contributed by atoms with E-state index in [9.17, 15) is 4.79 Å². The zero-order valence-electron chi connectivity index (χ0n) is 12.0. The second-order valence-corrected chi connectivity index (χ2v) is 7.84. The molecular formula is C17H20ClIO2. The van der Waals surface area contributed by atoms with Crippen LogP contribution in [0.3, 0.4) is 0 Å². The van der Waals surface area contributed by atoms with E-state index < -0.39 is 0 Å². The van der Waals surface area contributed by atoms with Gasteiger partial charge in [0.15, 0.2) is 5.78 Å². The lowest BCUT2D eigenvalue weighted by molar-refractivity contribution is -0.111. The van der Waals surface area contributed by atoms with E-state index in [-0.39, 0.29) is 17.3 Å². The van der Waals surface area contributed by atoms with Gasteiger partial charge in [0.05, 0.1) is 10.6 Å². The van der Waals surface area contributed by atoms with Crippen LogP contribution in [-0.2, 0) is 4.74 Å². The molecule has 0 N–H and O–H groups in total. The van der Waals surface area contributed by atoms with Crippen molar-refractivity contribution in [1.29, 1.82) is 0 Å². The fraction of sp³-hybridized carbons (Fsp3) is 0.588. The molecule has 1 aliphatic carbocycles. The quantitative estimate of drug-likeness (QED) is 0.484. The van der Waals surface area contributed by atoms with Gasteiger partial charge in [0.2, 0.25) is 0 Å². The summed E-state index contributed by atoms with van der Waals surface area (Å²) in [7, 11) is 0. The first kappa shape index (κ1) is 15.8. The molecule has 1 saturated heterocycles. The molecule has 0 aromatic heterocycles. The first-order chi connectivity index (χ1) is 10.1. The molecule has 1 aromatic rings. The Hall–Kier alpha value is -0.130. The average Bonchev–Trinajstić information content (AvgIpc) is 2.50. The maximum absolute atomic E-state index is 12.8. The summed E-state index contributed by atoms with van der Waals surface area (Å²) in [4.78, 5) is 12.8. The van der Waals surface area contributed by atoms with Gasteiger partial charge in [0.25, 0.3) is 0 Å². The SMILES string of the molecule is O=C(c1ccc(I)c(Cl)c1)C1CCOC2(CCCCC2)C1. The van der Waals surface area contributed by atoms with Crippen molar-refractivity contribution >= 4 is 40.0 Å². The van der Waals surface area contributed by atoms with Gasteiger partial charge in [-0.15, -0.1) is 0 Å². The minimum atomic E-state index is -0.0240. The lowest BCUT2D eigenvalue weighted by atomic mass is 9.74. The molecule has 1 unspecified atom stereocenters. The molecule has 0 radical (unpaired) electrons. The average molecular weight is 419 g/mol. The third-order valence-corrected chi connectivity index (χ3v) is 6.40. The first-order valence-corrected chi connectivity index (χ1v) is 9.19. The molecule has 1 saturated carbocycles. The smallest absolute Gasteiger partial charge is 0.166 e. The topological polar surface area (TPSA) is 26.3 Å². The van der Waals surface area contributed by atoms with Gasteiger partial charge in [-0.2, -0.15) is 0 Å². The monoisotopic (exact) mass is 418 g/mol. The van der Waals surface area contributed by atoms with Crippen LogP contribution in [0.2, 0.25) is 5.02 Å². The van der Waals surface area contributed by atoms with Crippen molar-refractivity contribution in [2.24, 2.45) is 5.92 Å². The number of benzene rings is 1. The molecule has 21 heavy (non-hydrogen) atoms. The molecule has 114 valence electrons. The van der Waals surface area contributed by atoms with E-state index in [4.69, 9.17) is 16.3 Å². The van der Waals surface area contributed by atoms with Crippen molar-refractivity contribution in [3.63, 3.8) is 0 Å². The normalized spacial score (nSPS) is 25.0. The molecule has 0 amide bonds. The van der Waals surface area contributed by atoms with Gasteiger partial charge in [0, 0.05) is 21.7 Å². The van der Waals surface area contributed by atoms with Crippen LogP contribution in [0.15, 0.2) is 18.2 Å². The maximum Gasteiger partial charge on any atom is 0.166 e. The number of carbonyl (C=O) groups excluding carboxylic acids is 1. The summed E-state index contributed by atoms with van der Waals surface area (Å²) in [6, 6.07) is 5.64. The number of carbonyl (C=O) groups is 1. The highest BCUT2D eigenvalue weighted by Crippen LogP contribution is 2.41. The van der Waals surface area contributed by atoms with Gasteiger partial charge >= 0.3 is 0 Å². The van der Waals surface area contributed by atoms with Crippen LogP contribution < -0.4 is 0 Å². The predicted molar refractivity (Wildman–Crippen MR) is 93.0 cm³/mol. The standard InChI is InChI=1S/C17H20ClIO2/c18-14-10-12(4-5-15(14)19)16(20)13-6-9-21-17(11-13)7-2-1-3-8-17/h4-5,10,13H,1-3,6-9,11H2. The molecule has 4 heteroatoms. The number of hydrogen-bond acceptors (Lipinski definition) is 2. The molecule has 3 rings (SSSR count). The third kappa shape index (κ3) is 3.45. The van der Waals surface area contributed by atoms with Gasteiger partial charge in [0.1, 0.15) is 0 Å².